The van der Waals surface area contributed by atoms with Crippen LogP contribution in [-0.4, -0.2) is 30.6 Å². The highest BCUT2D eigenvalue weighted by atomic mass is 35.5. The van der Waals surface area contributed by atoms with E-state index in [1.807, 2.05) is 12.1 Å². The minimum atomic E-state index is 0.609. The first-order valence-electron chi connectivity index (χ1n) is 8.69. The number of allylic oxidation sites excluding steroid dienone is 2. The maximum absolute atomic E-state index is 5.94. The van der Waals surface area contributed by atoms with E-state index in [1.54, 1.807) is 0 Å². The van der Waals surface area contributed by atoms with Crippen LogP contribution in [0.3, 0.4) is 0 Å². The van der Waals surface area contributed by atoms with Crippen molar-refractivity contribution in [3.8, 4) is 0 Å². The summed E-state index contributed by atoms with van der Waals surface area (Å²) in [6.45, 7) is 3.80. The molecule has 22 heavy (non-hydrogen) atoms. The molecule has 1 heterocycles. The Hall–Kier alpha value is -0.990. The Morgan fingerprint density at radius 2 is 1.82 bits per heavy atom. The maximum atomic E-state index is 5.94. The zero-order valence-corrected chi connectivity index (χ0v) is 13.8. The van der Waals surface area contributed by atoms with E-state index in [-0.39, 0.29) is 0 Å². The van der Waals surface area contributed by atoms with Crippen molar-refractivity contribution in [3.63, 3.8) is 0 Å². The smallest absolute Gasteiger partial charge is 0.0407 e. The standard InChI is InChI=1S/C19H25ClN2/c20-17-3-5-18(6-4-17)21-19-7-9-22(10-8-19)13-16-12-14-1-2-15(16)11-14/h1-6,14-16,19,21H,7-13H2. The molecule has 0 amide bonds. The molecule has 3 atom stereocenters. The van der Waals surface area contributed by atoms with Gasteiger partial charge in [0.2, 0.25) is 0 Å². The van der Waals surface area contributed by atoms with Crippen LogP contribution in [0, 0.1) is 17.8 Å². The van der Waals surface area contributed by atoms with Gasteiger partial charge in [-0.3, -0.25) is 0 Å². The number of hydrogen-bond acceptors (Lipinski definition) is 2. The molecule has 2 fully saturated rings. The molecule has 1 aromatic rings. The molecule has 1 N–H and O–H groups in total. The third kappa shape index (κ3) is 3.18. The molecule has 4 rings (SSSR count). The number of anilines is 1. The van der Waals surface area contributed by atoms with Crippen molar-refractivity contribution in [2.45, 2.75) is 31.7 Å². The molecule has 0 aromatic heterocycles. The summed E-state index contributed by atoms with van der Waals surface area (Å²) in [6.07, 6.45) is 10.3. The molecule has 3 heteroatoms. The van der Waals surface area contributed by atoms with E-state index in [9.17, 15) is 0 Å². The highest BCUT2D eigenvalue weighted by Gasteiger charge is 2.36. The van der Waals surface area contributed by atoms with E-state index in [0.29, 0.717) is 6.04 Å². The van der Waals surface area contributed by atoms with Gasteiger partial charge in [0.05, 0.1) is 0 Å². The molecule has 1 saturated carbocycles. The summed E-state index contributed by atoms with van der Waals surface area (Å²) in [5, 5.41) is 4.46. The van der Waals surface area contributed by atoms with Gasteiger partial charge in [0, 0.05) is 36.4 Å². The summed E-state index contributed by atoms with van der Waals surface area (Å²) in [7, 11) is 0. The molecule has 0 radical (unpaired) electrons. The predicted molar refractivity (Wildman–Crippen MR) is 93.4 cm³/mol. The molecule has 3 unspecified atom stereocenters. The third-order valence-corrected chi connectivity index (χ3v) is 5.96. The van der Waals surface area contributed by atoms with Gasteiger partial charge >= 0.3 is 0 Å². The fourth-order valence-corrected chi connectivity index (χ4v) is 4.60. The lowest BCUT2D eigenvalue weighted by molar-refractivity contribution is 0.177. The number of benzene rings is 1. The molecule has 1 aliphatic heterocycles. The Labute approximate surface area is 138 Å². The highest BCUT2D eigenvalue weighted by Crippen LogP contribution is 2.43. The van der Waals surface area contributed by atoms with E-state index < -0.39 is 0 Å². The van der Waals surface area contributed by atoms with E-state index in [4.69, 9.17) is 11.6 Å². The van der Waals surface area contributed by atoms with Crippen molar-refractivity contribution in [2.75, 3.05) is 25.0 Å². The van der Waals surface area contributed by atoms with Gasteiger partial charge in [-0.05, 0) is 67.7 Å². The Morgan fingerprint density at radius 1 is 1.05 bits per heavy atom. The summed E-state index contributed by atoms with van der Waals surface area (Å²) >= 11 is 5.94. The van der Waals surface area contributed by atoms with E-state index in [0.717, 1.165) is 22.8 Å². The van der Waals surface area contributed by atoms with Gasteiger partial charge in [0.1, 0.15) is 0 Å². The van der Waals surface area contributed by atoms with E-state index >= 15 is 0 Å². The number of nitrogens with one attached hydrogen (secondary N) is 1. The van der Waals surface area contributed by atoms with Gasteiger partial charge in [-0.1, -0.05) is 23.8 Å². The van der Waals surface area contributed by atoms with Crippen LogP contribution in [-0.2, 0) is 0 Å². The monoisotopic (exact) mass is 316 g/mol. The van der Waals surface area contributed by atoms with Crippen molar-refractivity contribution in [3.05, 3.63) is 41.4 Å². The van der Waals surface area contributed by atoms with Crippen LogP contribution < -0.4 is 5.32 Å². The fourth-order valence-electron chi connectivity index (χ4n) is 4.48. The van der Waals surface area contributed by atoms with Crippen LogP contribution in [0.4, 0.5) is 5.69 Å². The number of likely N-dealkylation sites (tertiary alicyclic amines) is 1. The lowest BCUT2D eigenvalue weighted by Gasteiger charge is -2.35. The molecule has 2 bridgehead atoms. The van der Waals surface area contributed by atoms with Crippen molar-refractivity contribution < 1.29 is 0 Å². The van der Waals surface area contributed by atoms with Gasteiger partial charge in [-0.2, -0.15) is 0 Å². The summed E-state index contributed by atoms with van der Waals surface area (Å²) < 4.78 is 0. The van der Waals surface area contributed by atoms with Crippen LogP contribution in [0.15, 0.2) is 36.4 Å². The number of piperidine rings is 1. The second-order valence-electron chi connectivity index (χ2n) is 7.27. The predicted octanol–water partition coefficient (Wildman–Crippen LogP) is 4.43. The largest absolute Gasteiger partial charge is 0.382 e. The van der Waals surface area contributed by atoms with Gasteiger partial charge in [-0.15, -0.1) is 0 Å². The molecule has 2 nitrogen and oxygen atoms in total. The molecule has 2 aliphatic carbocycles. The number of hydrogen-bond donors (Lipinski definition) is 1. The summed E-state index contributed by atoms with van der Waals surface area (Å²) in [4.78, 5) is 2.69. The Bertz CT molecular complexity index is 531. The first-order chi connectivity index (χ1) is 10.8. The molecule has 1 saturated heterocycles. The first kappa shape index (κ1) is 14.6. The number of rotatable bonds is 4. The molecule has 3 aliphatic rings. The second kappa shape index (κ2) is 6.25. The lowest BCUT2D eigenvalue weighted by Crippen LogP contribution is -2.41. The van der Waals surface area contributed by atoms with Crippen molar-refractivity contribution in [1.82, 2.24) is 4.90 Å². The fraction of sp³-hybridized carbons (Fsp3) is 0.579. The van der Waals surface area contributed by atoms with E-state index in [2.05, 4.69) is 34.5 Å². The van der Waals surface area contributed by atoms with Crippen LogP contribution in [0.1, 0.15) is 25.7 Å². The first-order valence-corrected chi connectivity index (χ1v) is 9.07. The zero-order valence-electron chi connectivity index (χ0n) is 13.0. The zero-order chi connectivity index (χ0) is 14.9. The van der Waals surface area contributed by atoms with Crippen molar-refractivity contribution >= 4 is 17.3 Å². The van der Waals surface area contributed by atoms with Gasteiger partial charge in [0.15, 0.2) is 0 Å². The minimum absolute atomic E-state index is 0.609. The van der Waals surface area contributed by atoms with E-state index in [1.165, 1.54) is 51.0 Å². The second-order valence-corrected chi connectivity index (χ2v) is 7.70. The topological polar surface area (TPSA) is 15.3 Å². The third-order valence-electron chi connectivity index (χ3n) is 5.71. The number of nitrogens with zero attached hydrogens (tertiary/aromatic N) is 1. The molecular weight excluding hydrogens is 292 g/mol. The molecule has 1 aromatic carbocycles. The van der Waals surface area contributed by atoms with Crippen LogP contribution >= 0.6 is 11.6 Å². The summed E-state index contributed by atoms with van der Waals surface area (Å²) in [5.74, 6) is 2.71. The molecule has 0 spiro atoms. The van der Waals surface area contributed by atoms with Crippen LogP contribution in [0.5, 0.6) is 0 Å². The number of fused-ring (bicyclic) bond motifs is 2. The normalized spacial score (nSPS) is 31.8. The SMILES string of the molecule is Clc1ccc(NC2CCN(CC3CC4C=CC3C4)CC2)cc1. The maximum Gasteiger partial charge on any atom is 0.0407 e. The van der Waals surface area contributed by atoms with Crippen molar-refractivity contribution in [1.29, 1.82) is 0 Å². The average Bonchev–Trinajstić information content (AvgIpc) is 3.14. The average molecular weight is 317 g/mol. The lowest BCUT2D eigenvalue weighted by atomic mass is 9.92. The summed E-state index contributed by atoms with van der Waals surface area (Å²) in [5.41, 5.74) is 1.20. The molecular formula is C19H25ClN2. The van der Waals surface area contributed by atoms with Gasteiger partial charge in [0.25, 0.3) is 0 Å². The Balaban J connectivity index is 1.24. The quantitative estimate of drug-likeness (QED) is 0.827. The number of halogens is 1. The minimum Gasteiger partial charge on any atom is -0.382 e. The summed E-state index contributed by atoms with van der Waals surface area (Å²) in [6, 6.07) is 8.69. The van der Waals surface area contributed by atoms with Crippen LogP contribution in [0.25, 0.3) is 0 Å². The molecule has 118 valence electrons. The Kier molecular flexibility index (Phi) is 4.15. The van der Waals surface area contributed by atoms with Crippen molar-refractivity contribution in [2.24, 2.45) is 17.8 Å². The Morgan fingerprint density at radius 3 is 2.45 bits per heavy atom. The van der Waals surface area contributed by atoms with Crippen LogP contribution in [0.2, 0.25) is 5.02 Å². The highest BCUT2D eigenvalue weighted by molar-refractivity contribution is 6.30. The van der Waals surface area contributed by atoms with Gasteiger partial charge < -0.3 is 10.2 Å². The van der Waals surface area contributed by atoms with Gasteiger partial charge in [-0.25, -0.2) is 0 Å².